The van der Waals surface area contributed by atoms with Gasteiger partial charge in [-0.1, -0.05) is 15.9 Å². The number of halogens is 1. The molecule has 2 amide bonds. The lowest BCUT2D eigenvalue weighted by atomic mass is 10.1. The summed E-state index contributed by atoms with van der Waals surface area (Å²) in [5.74, 6) is -0.0423. The predicted molar refractivity (Wildman–Crippen MR) is 72.4 cm³/mol. The van der Waals surface area contributed by atoms with Crippen molar-refractivity contribution in [2.45, 2.75) is 25.8 Å². The van der Waals surface area contributed by atoms with Gasteiger partial charge in [-0.2, -0.15) is 0 Å². The number of aryl methyl sites for hydroxylation is 1. The van der Waals surface area contributed by atoms with Gasteiger partial charge >= 0.3 is 0 Å². The third kappa shape index (κ3) is 3.32. The molecule has 1 aliphatic heterocycles. The number of amides is 2. The lowest BCUT2D eigenvalue weighted by Gasteiger charge is -2.23. The molecule has 1 saturated heterocycles. The highest BCUT2D eigenvalue weighted by Gasteiger charge is 2.20. The second kappa shape index (κ2) is 5.52. The van der Waals surface area contributed by atoms with Gasteiger partial charge in [-0.15, -0.1) is 0 Å². The summed E-state index contributed by atoms with van der Waals surface area (Å²) in [4.78, 5) is 23.1. The van der Waals surface area contributed by atoms with Crippen molar-refractivity contribution in [3.05, 3.63) is 33.8 Å². The van der Waals surface area contributed by atoms with E-state index in [0.29, 0.717) is 24.9 Å². The van der Waals surface area contributed by atoms with Crippen LogP contribution in [-0.4, -0.2) is 24.4 Å². The maximum Gasteiger partial charge on any atom is 0.251 e. The van der Waals surface area contributed by atoms with Gasteiger partial charge in [-0.05, 0) is 37.1 Å². The third-order valence-electron chi connectivity index (χ3n) is 2.91. The van der Waals surface area contributed by atoms with Gasteiger partial charge in [0.05, 0.1) is 0 Å². The average Bonchev–Trinajstić information content (AvgIpc) is 2.31. The predicted octanol–water partition coefficient (Wildman–Crippen LogP) is 1.77. The highest BCUT2D eigenvalue weighted by atomic mass is 79.9. The molecule has 1 aromatic rings. The number of benzene rings is 1. The monoisotopic (exact) mass is 310 g/mol. The van der Waals surface area contributed by atoms with Crippen LogP contribution >= 0.6 is 15.9 Å². The molecule has 0 bridgehead atoms. The molecule has 0 radical (unpaired) electrons. The van der Waals surface area contributed by atoms with Crippen molar-refractivity contribution in [2.24, 2.45) is 0 Å². The van der Waals surface area contributed by atoms with Crippen LogP contribution in [0.25, 0.3) is 0 Å². The number of hydrogen-bond acceptors (Lipinski definition) is 2. The lowest BCUT2D eigenvalue weighted by Crippen LogP contribution is -2.47. The summed E-state index contributed by atoms with van der Waals surface area (Å²) in [6.07, 6.45) is 1.17. The molecular formula is C13H15BrN2O2. The van der Waals surface area contributed by atoms with Crippen LogP contribution in [-0.2, 0) is 4.79 Å². The van der Waals surface area contributed by atoms with Crippen molar-refractivity contribution >= 4 is 27.7 Å². The molecule has 0 aliphatic carbocycles. The Hall–Kier alpha value is -1.36. The summed E-state index contributed by atoms with van der Waals surface area (Å²) in [5, 5.41) is 5.68. The molecule has 5 heteroatoms. The molecule has 1 heterocycles. The summed E-state index contributed by atoms with van der Waals surface area (Å²) >= 11 is 3.38. The van der Waals surface area contributed by atoms with E-state index < -0.39 is 0 Å². The molecule has 0 saturated carbocycles. The van der Waals surface area contributed by atoms with Gasteiger partial charge in [-0.3, -0.25) is 9.59 Å². The first-order chi connectivity index (χ1) is 8.54. The fourth-order valence-corrected chi connectivity index (χ4v) is 2.60. The van der Waals surface area contributed by atoms with Gasteiger partial charge in [0.15, 0.2) is 0 Å². The number of rotatable bonds is 2. The van der Waals surface area contributed by atoms with Gasteiger partial charge in [0.2, 0.25) is 5.91 Å². The van der Waals surface area contributed by atoms with E-state index in [2.05, 4.69) is 26.6 Å². The van der Waals surface area contributed by atoms with Crippen LogP contribution in [0.5, 0.6) is 0 Å². The summed E-state index contributed by atoms with van der Waals surface area (Å²) in [5.41, 5.74) is 1.67. The second-order valence-corrected chi connectivity index (χ2v) is 5.45. The van der Waals surface area contributed by atoms with Crippen LogP contribution in [0, 0.1) is 6.92 Å². The molecule has 1 unspecified atom stereocenters. The first-order valence-corrected chi connectivity index (χ1v) is 6.68. The molecule has 2 rings (SSSR count). The van der Waals surface area contributed by atoms with Crippen molar-refractivity contribution < 1.29 is 9.59 Å². The first kappa shape index (κ1) is 13.1. The van der Waals surface area contributed by atoms with E-state index >= 15 is 0 Å². The Kier molecular flexibility index (Phi) is 4.01. The molecule has 1 aliphatic rings. The molecule has 96 valence electrons. The Morgan fingerprint density at radius 1 is 1.44 bits per heavy atom. The fourth-order valence-electron chi connectivity index (χ4n) is 1.99. The van der Waals surface area contributed by atoms with Gasteiger partial charge in [-0.25, -0.2) is 0 Å². The highest BCUT2D eigenvalue weighted by Crippen LogP contribution is 2.15. The number of carbonyl (C=O) groups excluding carboxylic acids is 2. The maximum atomic E-state index is 12.1. The van der Waals surface area contributed by atoms with Crippen molar-refractivity contribution in [1.82, 2.24) is 10.6 Å². The third-order valence-corrected chi connectivity index (χ3v) is 3.36. The van der Waals surface area contributed by atoms with E-state index in [9.17, 15) is 9.59 Å². The molecule has 1 fully saturated rings. The Bertz CT molecular complexity index is 458. The van der Waals surface area contributed by atoms with Crippen LogP contribution in [0.15, 0.2) is 22.7 Å². The van der Waals surface area contributed by atoms with E-state index in [1.807, 2.05) is 19.1 Å². The van der Waals surface area contributed by atoms with Crippen molar-refractivity contribution in [1.29, 1.82) is 0 Å². The maximum absolute atomic E-state index is 12.1. The molecule has 4 nitrogen and oxygen atoms in total. The summed E-state index contributed by atoms with van der Waals surface area (Å²) in [7, 11) is 0. The number of nitrogens with one attached hydrogen (secondary N) is 2. The topological polar surface area (TPSA) is 58.2 Å². The van der Waals surface area contributed by atoms with Crippen molar-refractivity contribution in [3.8, 4) is 0 Å². The zero-order chi connectivity index (χ0) is 13.1. The molecule has 18 heavy (non-hydrogen) atoms. The molecule has 0 spiro atoms. The van der Waals surface area contributed by atoms with E-state index in [4.69, 9.17) is 0 Å². The van der Waals surface area contributed by atoms with Gasteiger partial charge < -0.3 is 10.6 Å². The average molecular weight is 311 g/mol. The second-order valence-electron chi connectivity index (χ2n) is 4.53. The highest BCUT2D eigenvalue weighted by molar-refractivity contribution is 9.10. The van der Waals surface area contributed by atoms with E-state index in [-0.39, 0.29) is 17.9 Å². The number of carbonyl (C=O) groups is 2. The molecule has 1 aromatic carbocycles. The summed E-state index contributed by atoms with van der Waals surface area (Å²) in [6.45, 7) is 2.46. The smallest absolute Gasteiger partial charge is 0.251 e. The molecule has 1 atom stereocenters. The van der Waals surface area contributed by atoms with Gasteiger partial charge in [0.25, 0.3) is 5.91 Å². The standard InChI is InChI=1S/C13H15BrN2O2/c1-8-4-9(6-10(14)5-8)13(18)16-11-2-3-12(17)15-7-11/h4-6,11H,2-3,7H2,1H3,(H,15,17)(H,16,18). The minimum Gasteiger partial charge on any atom is -0.354 e. The molecule has 2 N–H and O–H groups in total. The normalized spacial score (nSPS) is 19.2. The lowest BCUT2D eigenvalue weighted by molar-refractivity contribution is -0.122. The Balaban J connectivity index is 2.01. The van der Waals surface area contributed by atoms with Crippen LogP contribution in [0.4, 0.5) is 0 Å². The van der Waals surface area contributed by atoms with Crippen molar-refractivity contribution in [2.75, 3.05) is 6.54 Å². The minimum atomic E-state index is -0.0967. The van der Waals surface area contributed by atoms with Crippen LogP contribution in [0.3, 0.4) is 0 Å². The fraction of sp³-hybridized carbons (Fsp3) is 0.385. The summed E-state index contributed by atoms with van der Waals surface area (Å²) in [6, 6.07) is 5.62. The van der Waals surface area contributed by atoms with Gasteiger partial charge in [0, 0.05) is 29.0 Å². The zero-order valence-corrected chi connectivity index (χ0v) is 11.7. The Morgan fingerprint density at radius 3 is 2.83 bits per heavy atom. The van der Waals surface area contributed by atoms with E-state index in [1.165, 1.54) is 0 Å². The number of piperidine rings is 1. The van der Waals surface area contributed by atoms with E-state index in [0.717, 1.165) is 10.0 Å². The first-order valence-electron chi connectivity index (χ1n) is 5.89. The van der Waals surface area contributed by atoms with E-state index in [1.54, 1.807) is 6.07 Å². The Labute approximate surface area is 114 Å². The summed E-state index contributed by atoms with van der Waals surface area (Å²) < 4.78 is 0.893. The van der Waals surface area contributed by atoms with Crippen LogP contribution in [0.1, 0.15) is 28.8 Å². The largest absolute Gasteiger partial charge is 0.354 e. The van der Waals surface area contributed by atoms with Crippen LogP contribution < -0.4 is 10.6 Å². The quantitative estimate of drug-likeness (QED) is 0.874. The van der Waals surface area contributed by atoms with Gasteiger partial charge in [0.1, 0.15) is 0 Å². The SMILES string of the molecule is Cc1cc(Br)cc(C(=O)NC2CCC(=O)NC2)c1. The van der Waals surface area contributed by atoms with Crippen LogP contribution in [0.2, 0.25) is 0 Å². The zero-order valence-electron chi connectivity index (χ0n) is 10.1. The molecule has 0 aromatic heterocycles. The molecular weight excluding hydrogens is 296 g/mol. The minimum absolute atomic E-state index is 0.0227. The number of hydrogen-bond donors (Lipinski definition) is 2. The van der Waals surface area contributed by atoms with Crippen molar-refractivity contribution in [3.63, 3.8) is 0 Å². The Morgan fingerprint density at radius 2 is 2.22 bits per heavy atom.